The van der Waals surface area contributed by atoms with Crippen LogP contribution in [0.15, 0.2) is 83.5 Å². The van der Waals surface area contributed by atoms with E-state index in [0.29, 0.717) is 12.2 Å². The third kappa shape index (κ3) is 6.94. The number of aliphatic hydroxyl groups is 1. The van der Waals surface area contributed by atoms with Crippen LogP contribution < -0.4 is 10.1 Å². The zero-order valence-electron chi connectivity index (χ0n) is 25.5. The quantitative estimate of drug-likeness (QED) is 0.232. The standard InChI is InChI=1S/C35H40N2O7S/c1-42-29-11-13-30(14-12-29)45(40,41)37(16-18-38)17-19-43-34-23-26(22-33(44-34)35(39)36-28-7-3-4-8-28)24-10-15-32-27(20-24)21-25-6-2-5-9-31(25)32/h2,5-6,9-15,20,22,26,28,34,38H,3-4,7-8,16-19,21,23H2,1H3,(H,36,39)/t26-,34+/m1/s1. The predicted molar refractivity (Wildman–Crippen MR) is 170 cm³/mol. The van der Waals surface area contributed by atoms with Crippen molar-refractivity contribution in [1.82, 2.24) is 9.62 Å². The van der Waals surface area contributed by atoms with Crippen LogP contribution in [-0.2, 0) is 30.7 Å². The van der Waals surface area contributed by atoms with Crippen LogP contribution in [0.2, 0.25) is 0 Å². The Labute approximate surface area is 264 Å². The van der Waals surface area contributed by atoms with Crippen molar-refractivity contribution in [2.75, 3.05) is 33.4 Å². The second kappa shape index (κ2) is 13.7. The molecule has 2 aliphatic carbocycles. The fourth-order valence-electron chi connectivity index (χ4n) is 6.52. The summed E-state index contributed by atoms with van der Waals surface area (Å²) in [4.78, 5) is 13.4. The number of carbonyl (C=O) groups excluding carboxylic acids is 1. The summed E-state index contributed by atoms with van der Waals surface area (Å²) in [6.45, 7) is -0.403. The van der Waals surface area contributed by atoms with Crippen molar-refractivity contribution >= 4 is 15.9 Å². The van der Waals surface area contributed by atoms with Gasteiger partial charge in [0.25, 0.3) is 5.91 Å². The van der Waals surface area contributed by atoms with Gasteiger partial charge in [-0.05, 0) is 77.4 Å². The van der Waals surface area contributed by atoms with E-state index in [1.807, 2.05) is 6.08 Å². The normalized spacial score (nSPS) is 19.5. The van der Waals surface area contributed by atoms with Gasteiger partial charge < -0.3 is 24.6 Å². The Bertz CT molecular complexity index is 1650. The minimum atomic E-state index is -3.89. The smallest absolute Gasteiger partial charge is 0.286 e. The molecule has 2 atom stereocenters. The molecular formula is C35H40N2O7S. The number of rotatable bonds is 12. The number of hydrogen-bond donors (Lipinski definition) is 2. The molecule has 10 heteroatoms. The summed E-state index contributed by atoms with van der Waals surface area (Å²) in [6.07, 6.45) is 6.58. The minimum Gasteiger partial charge on any atom is -0.497 e. The molecule has 1 heterocycles. The first-order valence-electron chi connectivity index (χ1n) is 15.6. The van der Waals surface area contributed by atoms with Crippen molar-refractivity contribution in [2.45, 2.75) is 61.7 Å². The van der Waals surface area contributed by atoms with E-state index in [0.717, 1.165) is 37.7 Å². The Kier molecular flexibility index (Phi) is 9.56. The number of sulfonamides is 1. The first-order valence-corrected chi connectivity index (χ1v) is 17.1. The highest BCUT2D eigenvalue weighted by Gasteiger charge is 2.32. The van der Waals surface area contributed by atoms with Crippen LogP contribution in [0.4, 0.5) is 0 Å². The van der Waals surface area contributed by atoms with Gasteiger partial charge in [-0.1, -0.05) is 55.3 Å². The van der Waals surface area contributed by atoms with Gasteiger partial charge >= 0.3 is 0 Å². The summed E-state index contributed by atoms with van der Waals surface area (Å²) in [5.74, 6) is 0.394. The Morgan fingerprint density at radius 1 is 1.00 bits per heavy atom. The second-order valence-electron chi connectivity index (χ2n) is 11.8. The summed E-state index contributed by atoms with van der Waals surface area (Å²) in [5.41, 5.74) is 6.14. The predicted octanol–water partition coefficient (Wildman–Crippen LogP) is 4.74. The molecule has 3 aliphatic rings. The van der Waals surface area contributed by atoms with Crippen molar-refractivity contribution in [1.29, 1.82) is 0 Å². The number of nitrogens with one attached hydrogen (secondary N) is 1. The fourth-order valence-corrected chi connectivity index (χ4v) is 7.93. The number of aliphatic hydroxyl groups excluding tert-OH is 1. The lowest BCUT2D eigenvalue weighted by Crippen LogP contribution is -2.39. The van der Waals surface area contributed by atoms with Crippen molar-refractivity contribution in [3.8, 4) is 16.9 Å². The lowest BCUT2D eigenvalue weighted by Gasteiger charge is -2.30. The molecule has 0 bridgehead atoms. The highest BCUT2D eigenvalue weighted by atomic mass is 32.2. The monoisotopic (exact) mass is 632 g/mol. The zero-order chi connectivity index (χ0) is 31.4. The average Bonchev–Trinajstić information content (AvgIpc) is 3.71. The van der Waals surface area contributed by atoms with Gasteiger partial charge in [-0.25, -0.2) is 8.42 Å². The average molecular weight is 633 g/mol. The maximum Gasteiger partial charge on any atom is 0.286 e. The molecule has 1 aliphatic heterocycles. The lowest BCUT2D eigenvalue weighted by atomic mass is 9.90. The lowest BCUT2D eigenvalue weighted by molar-refractivity contribution is -0.146. The SMILES string of the molecule is COc1ccc(S(=O)(=O)N(CCO)CCO[C@@H]2C[C@H](c3ccc4c(c3)Cc3ccccc3-4)C=C(C(=O)NC3CCCC3)O2)cc1. The summed E-state index contributed by atoms with van der Waals surface area (Å²) in [6, 6.07) is 21.2. The summed E-state index contributed by atoms with van der Waals surface area (Å²) in [7, 11) is -2.38. The molecule has 45 heavy (non-hydrogen) atoms. The van der Waals surface area contributed by atoms with Crippen LogP contribution in [0, 0.1) is 0 Å². The maximum absolute atomic E-state index is 13.3. The third-order valence-electron chi connectivity index (χ3n) is 8.91. The first kappa shape index (κ1) is 31.3. The van der Waals surface area contributed by atoms with Gasteiger partial charge in [-0.15, -0.1) is 0 Å². The second-order valence-corrected chi connectivity index (χ2v) is 13.7. The van der Waals surface area contributed by atoms with Crippen LogP contribution in [0.1, 0.15) is 54.7 Å². The van der Waals surface area contributed by atoms with Crippen molar-refractivity contribution in [2.24, 2.45) is 0 Å². The number of nitrogens with zero attached hydrogens (tertiary/aromatic N) is 1. The van der Waals surface area contributed by atoms with Gasteiger partial charge in [-0.3, -0.25) is 4.79 Å². The number of amides is 1. The van der Waals surface area contributed by atoms with Crippen LogP contribution >= 0.6 is 0 Å². The van der Waals surface area contributed by atoms with Crippen LogP contribution in [-0.4, -0.2) is 69.5 Å². The van der Waals surface area contributed by atoms with Crippen molar-refractivity contribution in [3.05, 3.63) is 95.3 Å². The molecule has 3 aromatic rings. The number of ether oxygens (including phenoxy) is 3. The van der Waals surface area contributed by atoms with E-state index < -0.39 is 16.3 Å². The van der Waals surface area contributed by atoms with Gasteiger partial charge in [0.05, 0.1) is 25.2 Å². The Morgan fingerprint density at radius 2 is 1.76 bits per heavy atom. The van der Waals surface area contributed by atoms with Crippen molar-refractivity contribution < 1.29 is 32.5 Å². The Morgan fingerprint density at radius 3 is 2.51 bits per heavy atom. The number of allylic oxidation sites excluding steroid dienone is 1. The molecule has 238 valence electrons. The van der Waals surface area contributed by atoms with Gasteiger partial charge in [0, 0.05) is 31.5 Å². The van der Waals surface area contributed by atoms with Gasteiger partial charge in [0.2, 0.25) is 16.3 Å². The first-order chi connectivity index (χ1) is 21.9. The topological polar surface area (TPSA) is 114 Å². The largest absolute Gasteiger partial charge is 0.497 e. The molecule has 6 rings (SSSR count). The number of methoxy groups -OCH3 is 1. The molecule has 0 radical (unpaired) electrons. The Hall–Kier alpha value is -3.70. The molecule has 1 fully saturated rings. The molecule has 1 amide bonds. The maximum atomic E-state index is 13.3. The van der Waals surface area contributed by atoms with E-state index in [1.54, 1.807) is 12.1 Å². The summed E-state index contributed by atoms with van der Waals surface area (Å²) >= 11 is 0. The zero-order valence-corrected chi connectivity index (χ0v) is 26.3. The molecule has 9 nitrogen and oxygen atoms in total. The van der Waals surface area contributed by atoms with E-state index in [-0.39, 0.29) is 54.8 Å². The fraction of sp³-hybridized carbons (Fsp3) is 0.400. The van der Waals surface area contributed by atoms with E-state index in [4.69, 9.17) is 14.2 Å². The third-order valence-corrected chi connectivity index (χ3v) is 10.8. The van der Waals surface area contributed by atoms with E-state index in [1.165, 1.54) is 45.8 Å². The van der Waals surface area contributed by atoms with E-state index in [9.17, 15) is 18.3 Å². The van der Waals surface area contributed by atoms with Crippen LogP contribution in [0.3, 0.4) is 0 Å². The van der Waals surface area contributed by atoms with Crippen molar-refractivity contribution in [3.63, 3.8) is 0 Å². The molecular weight excluding hydrogens is 592 g/mol. The number of benzene rings is 3. The van der Waals surface area contributed by atoms with Gasteiger partial charge in [-0.2, -0.15) is 4.31 Å². The summed E-state index contributed by atoms with van der Waals surface area (Å²) in [5, 5.41) is 12.8. The van der Waals surface area contributed by atoms with E-state index in [2.05, 4.69) is 47.8 Å². The number of carbonyl (C=O) groups is 1. The molecule has 3 aromatic carbocycles. The molecule has 2 N–H and O–H groups in total. The van der Waals surface area contributed by atoms with Crippen LogP contribution in [0.5, 0.6) is 5.75 Å². The summed E-state index contributed by atoms with van der Waals surface area (Å²) < 4.78 is 45.2. The highest BCUT2D eigenvalue weighted by Crippen LogP contribution is 2.40. The minimum absolute atomic E-state index is 0.00384. The molecule has 0 spiro atoms. The van der Waals surface area contributed by atoms with E-state index >= 15 is 0 Å². The van der Waals surface area contributed by atoms with Crippen LogP contribution in [0.25, 0.3) is 11.1 Å². The molecule has 0 saturated heterocycles. The molecule has 1 saturated carbocycles. The number of hydrogen-bond acceptors (Lipinski definition) is 7. The molecule has 0 aromatic heterocycles. The highest BCUT2D eigenvalue weighted by molar-refractivity contribution is 7.89. The Balaban J connectivity index is 1.18. The van der Waals surface area contributed by atoms with Gasteiger partial charge in [0.1, 0.15) is 5.75 Å². The van der Waals surface area contributed by atoms with Gasteiger partial charge in [0.15, 0.2) is 5.76 Å². The number of fused-ring (bicyclic) bond motifs is 3. The molecule has 0 unspecified atom stereocenters.